The molecule has 1 saturated carbocycles. The molecule has 1 aliphatic rings. The predicted molar refractivity (Wildman–Crippen MR) is 70.8 cm³/mol. The zero-order chi connectivity index (χ0) is 12.3. The van der Waals surface area contributed by atoms with Crippen LogP contribution in [0.2, 0.25) is 0 Å². The quantitative estimate of drug-likeness (QED) is 0.826. The highest BCUT2D eigenvalue weighted by atomic mass is 79.9. The maximum absolute atomic E-state index is 9.16. The van der Waals surface area contributed by atoms with Gasteiger partial charge in [0.05, 0.1) is 6.61 Å². The first-order chi connectivity index (χ1) is 8.20. The Morgan fingerprint density at radius 1 is 1.41 bits per heavy atom. The van der Waals surface area contributed by atoms with Crippen LogP contribution < -0.4 is 10.6 Å². The van der Waals surface area contributed by atoms with E-state index >= 15 is 0 Å². The smallest absolute Gasteiger partial charge is 0.228 e. The molecule has 1 aliphatic carbocycles. The molecule has 0 atom stereocenters. The molecule has 0 unspecified atom stereocenters. The molecule has 0 radical (unpaired) electrons. The lowest BCUT2D eigenvalue weighted by Crippen LogP contribution is -2.37. The first kappa shape index (κ1) is 12.6. The van der Waals surface area contributed by atoms with Crippen molar-refractivity contribution in [2.75, 3.05) is 23.8 Å². The molecule has 0 aromatic carbocycles. The second-order valence-electron chi connectivity index (χ2n) is 4.27. The molecule has 0 spiro atoms. The highest BCUT2D eigenvalue weighted by Crippen LogP contribution is 2.27. The summed E-state index contributed by atoms with van der Waals surface area (Å²) in [5.74, 6) is 1.06. The molecule has 5 nitrogen and oxygen atoms in total. The van der Waals surface area contributed by atoms with E-state index in [1.165, 1.54) is 12.8 Å². The number of aliphatic hydroxyl groups excluding tert-OH is 1. The molecule has 0 aliphatic heterocycles. The monoisotopic (exact) mass is 300 g/mol. The van der Waals surface area contributed by atoms with Gasteiger partial charge in [-0.25, -0.2) is 4.98 Å². The van der Waals surface area contributed by atoms with Crippen molar-refractivity contribution in [2.45, 2.75) is 31.7 Å². The molecular weight excluding hydrogens is 284 g/mol. The number of rotatable bonds is 4. The third kappa shape index (κ3) is 3.07. The highest BCUT2D eigenvalue weighted by Gasteiger charge is 2.24. The predicted octanol–water partition coefficient (Wildman–Crippen LogP) is 1.56. The lowest BCUT2D eigenvalue weighted by atomic mass is 10.2. The zero-order valence-corrected chi connectivity index (χ0v) is 11.2. The largest absolute Gasteiger partial charge is 0.395 e. The summed E-state index contributed by atoms with van der Waals surface area (Å²) in [6.45, 7) is 0.660. The lowest BCUT2D eigenvalue weighted by molar-refractivity contribution is 0.296. The molecule has 17 heavy (non-hydrogen) atoms. The summed E-state index contributed by atoms with van der Waals surface area (Å²) in [6.07, 6.45) is 4.73. The first-order valence-electron chi connectivity index (χ1n) is 5.88. The van der Waals surface area contributed by atoms with Gasteiger partial charge in [0.25, 0.3) is 0 Å². The average Bonchev–Trinajstić information content (AvgIpc) is 2.77. The van der Waals surface area contributed by atoms with Crippen molar-refractivity contribution < 1.29 is 5.11 Å². The van der Waals surface area contributed by atoms with Crippen LogP contribution in [-0.2, 0) is 0 Å². The number of nitrogen functional groups attached to an aromatic ring is 1. The minimum atomic E-state index is 0.103. The third-order valence-electron chi connectivity index (χ3n) is 3.07. The van der Waals surface area contributed by atoms with Gasteiger partial charge in [-0.3, -0.25) is 0 Å². The Labute approximate surface area is 109 Å². The number of aliphatic hydroxyl groups is 1. The number of hydrogen-bond acceptors (Lipinski definition) is 5. The first-order valence-corrected chi connectivity index (χ1v) is 6.67. The van der Waals surface area contributed by atoms with Gasteiger partial charge in [0, 0.05) is 18.7 Å². The Kier molecular flexibility index (Phi) is 4.17. The van der Waals surface area contributed by atoms with Crippen LogP contribution in [-0.4, -0.2) is 34.3 Å². The van der Waals surface area contributed by atoms with Crippen LogP contribution in [0.1, 0.15) is 25.7 Å². The van der Waals surface area contributed by atoms with Gasteiger partial charge in [-0.05, 0) is 28.8 Å². The van der Waals surface area contributed by atoms with E-state index in [4.69, 9.17) is 10.8 Å². The summed E-state index contributed by atoms with van der Waals surface area (Å²) < 4.78 is 0.681. The van der Waals surface area contributed by atoms with E-state index in [2.05, 4.69) is 30.8 Å². The molecule has 0 amide bonds. The number of hydrogen-bond donors (Lipinski definition) is 2. The molecular formula is C11H17BrN4O. The normalized spacial score (nSPS) is 16.4. The van der Waals surface area contributed by atoms with Gasteiger partial charge in [0.1, 0.15) is 10.4 Å². The van der Waals surface area contributed by atoms with Crippen LogP contribution in [0.25, 0.3) is 0 Å². The van der Waals surface area contributed by atoms with Crippen LogP contribution in [0, 0.1) is 0 Å². The van der Waals surface area contributed by atoms with Gasteiger partial charge in [-0.2, -0.15) is 4.98 Å². The molecule has 2 rings (SSSR count). The Balaban J connectivity index is 2.24. The second kappa shape index (κ2) is 5.64. The molecule has 1 aromatic rings. The van der Waals surface area contributed by atoms with Crippen molar-refractivity contribution in [3.63, 3.8) is 0 Å². The number of halogens is 1. The molecule has 0 bridgehead atoms. The van der Waals surface area contributed by atoms with E-state index < -0.39 is 0 Å². The van der Waals surface area contributed by atoms with Crippen molar-refractivity contribution in [1.82, 2.24) is 9.97 Å². The summed E-state index contributed by atoms with van der Waals surface area (Å²) in [4.78, 5) is 10.7. The fraction of sp³-hybridized carbons (Fsp3) is 0.636. The number of nitrogens with two attached hydrogens (primary N) is 1. The van der Waals surface area contributed by atoms with Crippen LogP contribution in [0.3, 0.4) is 0 Å². The molecule has 0 saturated heterocycles. The Bertz CT molecular complexity index is 361. The standard InChI is InChI=1S/C11H17BrN4O/c12-9-7-10(13)15-11(14-9)16(5-6-17)8-3-1-2-4-8/h7-8,17H,1-6H2,(H2,13,14,15). The van der Waals surface area contributed by atoms with Gasteiger partial charge >= 0.3 is 0 Å². The topological polar surface area (TPSA) is 75.3 Å². The fourth-order valence-corrected chi connectivity index (χ4v) is 2.71. The molecule has 94 valence electrons. The van der Waals surface area contributed by atoms with Gasteiger partial charge < -0.3 is 15.7 Å². The summed E-state index contributed by atoms with van der Waals surface area (Å²) in [7, 11) is 0. The van der Waals surface area contributed by atoms with Gasteiger partial charge in [-0.1, -0.05) is 12.8 Å². The van der Waals surface area contributed by atoms with E-state index in [1.54, 1.807) is 6.07 Å². The molecule has 3 N–H and O–H groups in total. The maximum Gasteiger partial charge on any atom is 0.228 e. The van der Waals surface area contributed by atoms with E-state index in [-0.39, 0.29) is 6.61 Å². The van der Waals surface area contributed by atoms with Crippen molar-refractivity contribution in [1.29, 1.82) is 0 Å². The Morgan fingerprint density at radius 2 is 2.12 bits per heavy atom. The van der Waals surface area contributed by atoms with Crippen molar-refractivity contribution in [2.24, 2.45) is 0 Å². The van der Waals surface area contributed by atoms with E-state index in [0.29, 0.717) is 29.0 Å². The van der Waals surface area contributed by atoms with Crippen molar-refractivity contribution >= 4 is 27.7 Å². The SMILES string of the molecule is Nc1cc(Br)nc(N(CCO)C2CCCC2)n1. The van der Waals surface area contributed by atoms with Gasteiger partial charge in [-0.15, -0.1) is 0 Å². The van der Waals surface area contributed by atoms with E-state index in [1.807, 2.05) is 0 Å². The van der Waals surface area contributed by atoms with Gasteiger partial charge in [0.15, 0.2) is 0 Å². The summed E-state index contributed by atoms with van der Waals surface area (Å²) in [5.41, 5.74) is 5.72. The summed E-state index contributed by atoms with van der Waals surface area (Å²) in [5, 5.41) is 9.16. The van der Waals surface area contributed by atoms with Crippen LogP contribution >= 0.6 is 15.9 Å². The average molecular weight is 301 g/mol. The summed E-state index contributed by atoms with van der Waals surface area (Å²) in [6, 6.07) is 2.10. The molecule has 6 heteroatoms. The third-order valence-corrected chi connectivity index (χ3v) is 3.47. The van der Waals surface area contributed by atoms with Crippen molar-refractivity contribution in [3.05, 3.63) is 10.7 Å². The number of nitrogens with zero attached hydrogens (tertiary/aromatic N) is 3. The van der Waals surface area contributed by atoms with Gasteiger partial charge in [0.2, 0.25) is 5.95 Å². The highest BCUT2D eigenvalue weighted by molar-refractivity contribution is 9.10. The molecule has 1 fully saturated rings. The number of aromatic nitrogens is 2. The minimum absolute atomic E-state index is 0.103. The second-order valence-corrected chi connectivity index (χ2v) is 5.08. The fourth-order valence-electron chi connectivity index (χ4n) is 2.32. The molecule has 1 heterocycles. The van der Waals surface area contributed by atoms with E-state index in [0.717, 1.165) is 12.8 Å². The zero-order valence-electron chi connectivity index (χ0n) is 9.64. The maximum atomic E-state index is 9.16. The molecule has 1 aromatic heterocycles. The van der Waals surface area contributed by atoms with Crippen LogP contribution in [0.5, 0.6) is 0 Å². The number of anilines is 2. The van der Waals surface area contributed by atoms with Crippen molar-refractivity contribution in [3.8, 4) is 0 Å². The lowest BCUT2D eigenvalue weighted by Gasteiger charge is -2.28. The minimum Gasteiger partial charge on any atom is -0.395 e. The Morgan fingerprint density at radius 3 is 2.71 bits per heavy atom. The van der Waals surface area contributed by atoms with E-state index in [9.17, 15) is 0 Å². The van der Waals surface area contributed by atoms with Crippen LogP contribution in [0.15, 0.2) is 10.7 Å². The van der Waals surface area contributed by atoms with Crippen LogP contribution in [0.4, 0.5) is 11.8 Å². The summed E-state index contributed by atoms with van der Waals surface area (Å²) >= 11 is 3.32. The Hall–Kier alpha value is -0.880.